The highest BCUT2D eigenvalue weighted by atomic mass is 16.5. The van der Waals surface area contributed by atoms with E-state index in [4.69, 9.17) is 4.74 Å². The lowest BCUT2D eigenvalue weighted by molar-refractivity contribution is -0.124. The van der Waals surface area contributed by atoms with Crippen molar-refractivity contribution in [2.75, 3.05) is 6.61 Å². The number of hydrogen-bond donors (Lipinski definition) is 0. The molecular formula is C16H18O4. The number of rotatable bonds is 8. The third kappa shape index (κ3) is 6.09. The Bertz CT molecular complexity index is 488. The van der Waals surface area contributed by atoms with Crippen LogP contribution in [0.15, 0.2) is 42.5 Å². The lowest BCUT2D eigenvalue weighted by Gasteiger charge is -2.04. The van der Waals surface area contributed by atoms with Gasteiger partial charge in [-0.2, -0.15) is 0 Å². The number of ether oxygens (including phenoxy) is 1. The maximum atomic E-state index is 11.6. The van der Waals surface area contributed by atoms with Crippen LogP contribution in [0, 0.1) is 0 Å². The molecule has 0 atom stereocenters. The smallest absolute Gasteiger partial charge is 0.338 e. The minimum absolute atomic E-state index is 0.0863. The largest absolute Gasteiger partial charge is 0.462 e. The van der Waals surface area contributed by atoms with Gasteiger partial charge < -0.3 is 4.74 Å². The van der Waals surface area contributed by atoms with E-state index in [0.717, 1.165) is 0 Å². The first-order valence-corrected chi connectivity index (χ1v) is 6.53. The molecule has 4 heteroatoms. The molecule has 20 heavy (non-hydrogen) atoms. The summed E-state index contributed by atoms with van der Waals surface area (Å²) in [6.07, 6.45) is 3.58. The molecule has 0 bridgehead atoms. The third-order valence-corrected chi connectivity index (χ3v) is 2.57. The van der Waals surface area contributed by atoms with Gasteiger partial charge in [-0.05, 0) is 31.6 Å². The Morgan fingerprint density at radius 2 is 1.85 bits per heavy atom. The molecule has 0 spiro atoms. The normalized spacial score (nSPS) is 10.4. The van der Waals surface area contributed by atoms with Crippen LogP contribution < -0.4 is 0 Å². The van der Waals surface area contributed by atoms with Crippen molar-refractivity contribution in [3.8, 4) is 0 Å². The fourth-order valence-electron chi connectivity index (χ4n) is 1.62. The highest BCUT2D eigenvalue weighted by molar-refractivity contribution is 6.04. The minimum Gasteiger partial charge on any atom is -0.462 e. The van der Waals surface area contributed by atoms with Crippen molar-refractivity contribution in [3.63, 3.8) is 0 Å². The van der Waals surface area contributed by atoms with Crippen molar-refractivity contribution >= 4 is 17.5 Å². The Labute approximate surface area is 118 Å². The van der Waals surface area contributed by atoms with Gasteiger partial charge in [-0.3, -0.25) is 9.59 Å². The molecule has 0 fully saturated rings. The van der Waals surface area contributed by atoms with Gasteiger partial charge >= 0.3 is 5.97 Å². The Hall–Kier alpha value is -2.23. The first kappa shape index (κ1) is 15.8. The van der Waals surface area contributed by atoms with Crippen molar-refractivity contribution < 1.29 is 19.1 Å². The summed E-state index contributed by atoms with van der Waals surface area (Å²) < 4.78 is 5.04. The standard InChI is InChI=1S/C16H18O4/c1-2-7-14(17)12-15(18)10-6-11-20-16(19)13-8-4-3-5-9-13/h2-5,7-9H,6,10-12H2,1H3/b7-2+. The molecule has 0 unspecified atom stereocenters. The van der Waals surface area contributed by atoms with Gasteiger partial charge in [-0.15, -0.1) is 0 Å². The summed E-state index contributed by atoms with van der Waals surface area (Å²) >= 11 is 0. The van der Waals surface area contributed by atoms with Crippen LogP contribution in [0.3, 0.4) is 0 Å². The number of carbonyl (C=O) groups excluding carboxylic acids is 3. The van der Waals surface area contributed by atoms with E-state index in [1.165, 1.54) is 6.08 Å². The van der Waals surface area contributed by atoms with E-state index in [0.29, 0.717) is 12.0 Å². The minimum atomic E-state index is -0.400. The van der Waals surface area contributed by atoms with Crippen LogP contribution in [0.2, 0.25) is 0 Å². The molecule has 0 aromatic heterocycles. The first-order chi connectivity index (χ1) is 9.63. The predicted octanol–water partition coefficient (Wildman–Crippen LogP) is 2.73. The van der Waals surface area contributed by atoms with Crippen LogP contribution in [0.5, 0.6) is 0 Å². The van der Waals surface area contributed by atoms with Gasteiger partial charge in [0.05, 0.1) is 18.6 Å². The van der Waals surface area contributed by atoms with Gasteiger partial charge in [0.2, 0.25) is 0 Å². The summed E-state index contributed by atoms with van der Waals surface area (Å²) in [5, 5.41) is 0. The van der Waals surface area contributed by atoms with Gasteiger partial charge in [0.15, 0.2) is 5.78 Å². The van der Waals surface area contributed by atoms with Crippen molar-refractivity contribution in [2.45, 2.75) is 26.2 Å². The van der Waals surface area contributed by atoms with E-state index in [2.05, 4.69) is 0 Å². The SMILES string of the molecule is C/C=C/C(=O)CC(=O)CCCOC(=O)c1ccccc1. The number of Topliss-reactive ketones (excluding diaryl/α,β-unsaturated/α-hetero) is 1. The molecule has 1 aromatic rings. The van der Waals surface area contributed by atoms with E-state index in [1.807, 2.05) is 6.07 Å². The number of carbonyl (C=O) groups is 3. The molecule has 0 aliphatic rings. The summed E-state index contributed by atoms with van der Waals surface area (Å²) in [5.74, 6) is -0.731. The molecule has 0 saturated carbocycles. The van der Waals surface area contributed by atoms with Crippen LogP contribution >= 0.6 is 0 Å². The lowest BCUT2D eigenvalue weighted by Crippen LogP contribution is -2.09. The Kier molecular flexibility index (Phi) is 6.96. The van der Waals surface area contributed by atoms with E-state index in [-0.39, 0.29) is 31.0 Å². The zero-order chi connectivity index (χ0) is 14.8. The van der Waals surface area contributed by atoms with Gasteiger partial charge in [-0.25, -0.2) is 4.79 Å². The maximum Gasteiger partial charge on any atom is 0.338 e. The summed E-state index contributed by atoms with van der Waals surface area (Å²) in [6, 6.07) is 8.67. The molecule has 0 radical (unpaired) electrons. The number of allylic oxidation sites excluding steroid dienone is 2. The number of ketones is 2. The van der Waals surface area contributed by atoms with Gasteiger partial charge in [0.1, 0.15) is 5.78 Å². The third-order valence-electron chi connectivity index (χ3n) is 2.57. The van der Waals surface area contributed by atoms with Crippen molar-refractivity contribution in [3.05, 3.63) is 48.0 Å². The zero-order valence-electron chi connectivity index (χ0n) is 11.5. The molecule has 106 valence electrons. The molecule has 0 amide bonds. The van der Waals surface area contributed by atoms with E-state index in [9.17, 15) is 14.4 Å². The topological polar surface area (TPSA) is 60.4 Å². The zero-order valence-corrected chi connectivity index (χ0v) is 11.5. The van der Waals surface area contributed by atoms with Crippen molar-refractivity contribution in [1.82, 2.24) is 0 Å². The predicted molar refractivity (Wildman–Crippen MR) is 75.4 cm³/mol. The molecule has 0 saturated heterocycles. The quantitative estimate of drug-likeness (QED) is 0.316. The molecule has 0 heterocycles. The molecule has 0 aliphatic carbocycles. The highest BCUT2D eigenvalue weighted by Gasteiger charge is 2.08. The Morgan fingerprint density at radius 3 is 2.50 bits per heavy atom. The highest BCUT2D eigenvalue weighted by Crippen LogP contribution is 2.03. The number of hydrogen-bond acceptors (Lipinski definition) is 4. The molecule has 0 N–H and O–H groups in total. The number of esters is 1. The van der Waals surface area contributed by atoms with Crippen LogP contribution in [0.1, 0.15) is 36.5 Å². The molecule has 0 aliphatic heterocycles. The van der Waals surface area contributed by atoms with E-state index < -0.39 is 5.97 Å². The van der Waals surface area contributed by atoms with Crippen LogP contribution in [0.25, 0.3) is 0 Å². The average molecular weight is 274 g/mol. The summed E-state index contributed by atoms with van der Waals surface area (Å²) in [4.78, 5) is 34.2. The summed E-state index contributed by atoms with van der Waals surface area (Å²) in [7, 11) is 0. The van der Waals surface area contributed by atoms with Gasteiger partial charge in [0, 0.05) is 6.42 Å². The van der Waals surface area contributed by atoms with Crippen molar-refractivity contribution in [1.29, 1.82) is 0 Å². The summed E-state index contributed by atoms with van der Waals surface area (Å²) in [6.45, 7) is 1.91. The monoisotopic (exact) mass is 274 g/mol. The maximum absolute atomic E-state index is 11.6. The molecule has 1 aromatic carbocycles. The van der Waals surface area contributed by atoms with Crippen molar-refractivity contribution in [2.24, 2.45) is 0 Å². The van der Waals surface area contributed by atoms with Gasteiger partial charge in [0.25, 0.3) is 0 Å². The fraction of sp³-hybridized carbons (Fsp3) is 0.312. The average Bonchev–Trinajstić information content (AvgIpc) is 2.44. The van der Waals surface area contributed by atoms with Crippen LogP contribution in [-0.2, 0) is 14.3 Å². The number of benzene rings is 1. The van der Waals surface area contributed by atoms with E-state index >= 15 is 0 Å². The second-order valence-electron chi connectivity index (χ2n) is 4.29. The molecule has 1 rings (SSSR count). The summed E-state index contributed by atoms with van der Waals surface area (Å²) in [5.41, 5.74) is 0.488. The first-order valence-electron chi connectivity index (χ1n) is 6.53. The molecular weight excluding hydrogens is 256 g/mol. The Morgan fingerprint density at radius 1 is 1.15 bits per heavy atom. The van der Waals surface area contributed by atoms with Gasteiger partial charge in [-0.1, -0.05) is 24.3 Å². The van der Waals surface area contributed by atoms with E-state index in [1.54, 1.807) is 37.3 Å². The second-order valence-corrected chi connectivity index (χ2v) is 4.29. The fourth-order valence-corrected chi connectivity index (χ4v) is 1.62. The molecule has 4 nitrogen and oxygen atoms in total. The second kappa shape index (κ2) is 8.80. The van der Waals surface area contributed by atoms with Crippen LogP contribution in [-0.4, -0.2) is 24.1 Å². The Balaban J connectivity index is 2.20. The van der Waals surface area contributed by atoms with Crippen LogP contribution in [0.4, 0.5) is 0 Å². The lowest BCUT2D eigenvalue weighted by atomic mass is 10.1.